The topological polar surface area (TPSA) is 84.6 Å². The van der Waals surface area contributed by atoms with Crippen LogP contribution in [-0.4, -0.2) is 17.0 Å². The van der Waals surface area contributed by atoms with Crippen LogP contribution in [0.25, 0.3) is 0 Å². The normalized spacial score (nSPS) is 10.5. The smallest absolute Gasteiger partial charge is 0.273 e. The Kier molecular flexibility index (Phi) is 4.76. The van der Waals surface area contributed by atoms with Crippen LogP contribution >= 0.6 is 0 Å². The van der Waals surface area contributed by atoms with E-state index in [0.29, 0.717) is 5.56 Å². The lowest BCUT2D eigenvalue weighted by molar-refractivity contribution is -0.385. The van der Waals surface area contributed by atoms with E-state index in [4.69, 9.17) is 0 Å². The minimum Gasteiger partial charge on any atom is -0.273 e. The second-order valence-corrected chi connectivity index (χ2v) is 4.27. The summed E-state index contributed by atoms with van der Waals surface area (Å²) in [5.41, 5.74) is 3.50. The second-order valence-electron chi connectivity index (χ2n) is 4.27. The van der Waals surface area contributed by atoms with Gasteiger partial charge < -0.3 is 0 Å². The van der Waals surface area contributed by atoms with Crippen molar-refractivity contribution in [3.63, 3.8) is 0 Å². The average Bonchev–Trinajstić information content (AvgIpc) is 2.48. The molecule has 0 heterocycles. The van der Waals surface area contributed by atoms with E-state index in [-0.39, 0.29) is 18.0 Å². The Morgan fingerprint density at radius 1 is 1.14 bits per heavy atom. The summed E-state index contributed by atoms with van der Waals surface area (Å²) in [4.78, 5) is 22.0. The molecular formula is C15H13N3O3. The summed E-state index contributed by atoms with van der Waals surface area (Å²) >= 11 is 0. The molecule has 21 heavy (non-hydrogen) atoms. The third-order valence-electron chi connectivity index (χ3n) is 2.73. The number of hydrogen-bond acceptors (Lipinski definition) is 4. The number of carbonyl (C=O) groups is 1. The number of hydrogen-bond donors (Lipinski definition) is 1. The van der Waals surface area contributed by atoms with Gasteiger partial charge in [-0.2, -0.15) is 5.10 Å². The number of nitrogens with one attached hydrogen (secondary N) is 1. The average molecular weight is 283 g/mol. The number of nitro groups is 1. The van der Waals surface area contributed by atoms with Gasteiger partial charge in [0.05, 0.1) is 23.1 Å². The number of nitro benzene ring substituents is 1. The SMILES string of the molecule is O=C(Cc1ccccc1)NN=Cc1ccccc1[N+](=O)[O-]. The Hall–Kier alpha value is -3.02. The standard InChI is InChI=1S/C15H13N3O3/c19-15(10-12-6-2-1-3-7-12)17-16-11-13-8-4-5-9-14(13)18(20)21/h1-9,11H,10H2,(H,17,19). The molecule has 0 aliphatic rings. The van der Waals surface area contributed by atoms with Gasteiger partial charge in [0.25, 0.3) is 5.69 Å². The third kappa shape index (κ3) is 4.24. The van der Waals surface area contributed by atoms with Crippen LogP contribution in [0, 0.1) is 10.1 Å². The molecule has 1 N–H and O–H groups in total. The molecule has 0 unspecified atom stereocenters. The minimum atomic E-state index is -0.493. The van der Waals surface area contributed by atoms with E-state index in [2.05, 4.69) is 10.5 Å². The van der Waals surface area contributed by atoms with E-state index in [9.17, 15) is 14.9 Å². The van der Waals surface area contributed by atoms with Crippen LogP contribution in [-0.2, 0) is 11.2 Å². The van der Waals surface area contributed by atoms with Gasteiger partial charge in [0.2, 0.25) is 5.91 Å². The maximum absolute atomic E-state index is 11.7. The van der Waals surface area contributed by atoms with E-state index >= 15 is 0 Å². The Morgan fingerprint density at radius 2 is 1.81 bits per heavy atom. The van der Waals surface area contributed by atoms with Gasteiger partial charge in [-0.15, -0.1) is 0 Å². The Labute approximate surface area is 121 Å². The lowest BCUT2D eigenvalue weighted by atomic mass is 10.1. The first-order valence-corrected chi connectivity index (χ1v) is 6.26. The molecule has 2 aromatic rings. The first-order chi connectivity index (χ1) is 10.2. The fourth-order valence-corrected chi connectivity index (χ4v) is 1.76. The fraction of sp³-hybridized carbons (Fsp3) is 0.0667. The molecule has 0 fully saturated rings. The molecule has 0 atom stereocenters. The first-order valence-electron chi connectivity index (χ1n) is 6.26. The molecule has 2 rings (SSSR count). The molecule has 0 aliphatic heterocycles. The maximum Gasteiger partial charge on any atom is 0.278 e. The van der Waals surface area contributed by atoms with Gasteiger partial charge in [-0.1, -0.05) is 42.5 Å². The van der Waals surface area contributed by atoms with Gasteiger partial charge in [0.15, 0.2) is 0 Å². The molecule has 0 radical (unpaired) electrons. The zero-order chi connectivity index (χ0) is 15.1. The minimum absolute atomic E-state index is 0.0569. The quantitative estimate of drug-likeness (QED) is 0.519. The molecule has 2 aromatic carbocycles. The maximum atomic E-state index is 11.7. The predicted molar refractivity (Wildman–Crippen MR) is 79.0 cm³/mol. The van der Waals surface area contributed by atoms with Crippen molar-refractivity contribution in [2.75, 3.05) is 0 Å². The summed E-state index contributed by atoms with van der Waals surface area (Å²) in [6.07, 6.45) is 1.47. The fourth-order valence-electron chi connectivity index (χ4n) is 1.76. The molecule has 0 saturated carbocycles. The monoisotopic (exact) mass is 283 g/mol. The van der Waals surface area contributed by atoms with Gasteiger partial charge in [0.1, 0.15) is 0 Å². The summed E-state index contributed by atoms with van der Waals surface area (Å²) in [7, 11) is 0. The van der Waals surface area contributed by atoms with E-state index in [1.54, 1.807) is 18.2 Å². The molecule has 6 nitrogen and oxygen atoms in total. The van der Waals surface area contributed by atoms with Crippen molar-refractivity contribution in [3.05, 3.63) is 75.8 Å². The van der Waals surface area contributed by atoms with Crippen LogP contribution in [0.3, 0.4) is 0 Å². The van der Waals surface area contributed by atoms with Crippen molar-refractivity contribution in [1.82, 2.24) is 5.43 Å². The highest BCUT2D eigenvalue weighted by Gasteiger charge is 2.10. The van der Waals surface area contributed by atoms with E-state index < -0.39 is 4.92 Å². The van der Waals surface area contributed by atoms with Crippen molar-refractivity contribution in [2.45, 2.75) is 6.42 Å². The molecule has 0 aromatic heterocycles. The summed E-state index contributed by atoms with van der Waals surface area (Å²) in [5.74, 6) is -0.281. The van der Waals surface area contributed by atoms with E-state index in [1.165, 1.54) is 12.3 Å². The zero-order valence-electron chi connectivity index (χ0n) is 11.1. The van der Waals surface area contributed by atoms with Crippen LogP contribution in [0.2, 0.25) is 0 Å². The Bertz CT molecular complexity index is 669. The number of amides is 1. The lowest BCUT2D eigenvalue weighted by Crippen LogP contribution is -2.19. The van der Waals surface area contributed by atoms with Crippen molar-refractivity contribution in [1.29, 1.82) is 0 Å². The van der Waals surface area contributed by atoms with Crippen molar-refractivity contribution < 1.29 is 9.72 Å². The summed E-state index contributed by atoms with van der Waals surface area (Å²) in [6.45, 7) is 0. The third-order valence-corrected chi connectivity index (χ3v) is 2.73. The largest absolute Gasteiger partial charge is 0.278 e. The molecule has 6 heteroatoms. The molecule has 0 spiro atoms. The highest BCUT2D eigenvalue weighted by atomic mass is 16.6. The van der Waals surface area contributed by atoms with Gasteiger partial charge in [0, 0.05) is 6.07 Å². The number of para-hydroxylation sites is 1. The van der Waals surface area contributed by atoms with Gasteiger partial charge in [-0.25, -0.2) is 5.43 Å². The second kappa shape index (κ2) is 6.95. The highest BCUT2D eigenvalue weighted by molar-refractivity contribution is 5.86. The van der Waals surface area contributed by atoms with Gasteiger partial charge >= 0.3 is 0 Å². The number of carbonyl (C=O) groups excluding carboxylic acids is 1. The number of nitrogens with zero attached hydrogens (tertiary/aromatic N) is 2. The highest BCUT2D eigenvalue weighted by Crippen LogP contribution is 2.14. The van der Waals surface area contributed by atoms with Crippen LogP contribution < -0.4 is 5.43 Å². The van der Waals surface area contributed by atoms with Crippen molar-refractivity contribution >= 4 is 17.8 Å². The molecule has 106 valence electrons. The molecular weight excluding hydrogens is 270 g/mol. The van der Waals surface area contributed by atoms with E-state index in [0.717, 1.165) is 5.56 Å². The molecule has 0 aliphatic carbocycles. The lowest BCUT2D eigenvalue weighted by Gasteiger charge is -2.00. The van der Waals surface area contributed by atoms with E-state index in [1.807, 2.05) is 30.3 Å². The summed E-state index contributed by atoms with van der Waals surface area (Å²) in [6, 6.07) is 15.4. The van der Waals surface area contributed by atoms with Gasteiger partial charge in [-0.3, -0.25) is 14.9 Å². The molecule has 0 bridgehead atoms. The first kappa shape index (κ1) is 14.4. The molecule has 1 amide bonds. The van der Waals surface area contributed by atoms with Crippen LogP contribution in [0.4, 0.5) is 5.69 Å². The summed E-state index contributed by atoms with van der Waals surface area (Å²) in [5, 5.41) is 14.6. The van der Waals surface area contributed by atoms with Crippen molar-refractivity contribution in [2.24, 2.45) is 5.10 Å². The van der Waals surface area contributed by atoms with Crippen LogP contribution in [0.1, 0.15) is 11.1 Å². The Balaban J connectivity index is 1.97. The zero-order valence-corrected chi connectivity index (χ0v) is 11.1. The number of benzene rings is 2. The van der Waals surface area contributed by atoms with Gasteiger partial charge in [-0.05, 0) is 11.6 Å². The van der Waals surface area contributed by atoms with Crippen LogP contribution in [0.15, 0.2) is 59.7 Å². The number of hydrazone groups is 1. The van der Waals surface area contributed by atoms with Crippen molar-refractivity contribution in [3.8, 4) is 0 Å². The molecule has 0 saturated heterocycles. The Morgan fingerprint density at radius 3 is 2.52 bits per heavy atom. The predicted octanol–water partition coefficient (Wildman–Crippen LogP) is 2.29. The summed E-state index contributed by atoms with van der Waals surface area (Å²) < 4.78 is 0. The van der Waals surface area contributed by atoms with Crippen LogP contribution in [0.5, 0.6) is 0 Å². The number of rotatable bonds is 5.